The highest BCUT2D eigenvalue weighted by Gasteiger charge is 2.11. The predicted molar refractivity (Wildman–Crippen MR) is 52.0 cm³/mol. The van der Waals surface area contributed by atoms with E-state index in [-0.39, 0.29) is 12.4 Å². The maximum atomic E-state index is 10.3. The minimum absolute atomic E-state index is 0.230. The first kappa shape index (κ1) is 11.3. The van der Waals surface area contributed by atoms with Crippen LogP contribution in [0, 0.1) is 0 Å². The average molecular weight is 212 g/mol. The highest BCUT2D eigenvalue weighted by molar-refractivity contribution is 5.68. The van der Waals surface area contributed by atoms with Gasteiger partial charge in [0.2, 0.25) is 0 Å². The van der Waals surface area contributed by atoms with Gasteiger partial charge in [0.05, 0.1) is 13.7 Å². The highest BCUT2D eigenvalue weighted by Crippen LogP contribution is 2.30. The molecule has 5 nitrogen and oxygen atoms in total. The van der Waals surface area contributed by atoms with Crippen molar-refractivity contribution in [1.82, 2.24) is 0 Å². The lowest BCUT2D eigenvalue weighted by Crippen LogP contribution is -2.11. The Kier molecular flexibility index (Phi) is 3.93. The van der Waals surface area contributed by atoms with Gasteiger partial charge < -0.3 is 19.7 Å². The Morgan fingerprint density at radius 2 is 2.20 bits per heavy atom. The average Bonchev–Trinajstić information content (AvgIpc) is 2.25. The van der Waals surface area contributed by atoms with E-state index >= 15 is 0 Å². The first-order valence-electron chi connectivity index (χ1n) is 4.30. The monoisotopic (exact) mass is 212 g/mol. The molecule has 0 aromatic heterocycles. The van der Waals surface area contributed by atoms with E-state index in [4.69, 9.17) is 19.7 Å². The molecule has 2 N–H and O–H groups in total. The maximum absolute atomic E-state index is 10.3. The molecule has 0 radical (unpaired) electrons. The molecule has 0 bridgehead atoms. The van der Waals surface area contributed by atoms with Crippen molar-refractivity contribution in [3.63, 3.8) is 0 Å². The van der Waals surface area contributed by atoms with Crippen LogP contribution in [0.25, 0.3) is 0 Å². The second-order valence-electron chi connectivity index (χ2n) is 2.79. The molecule has 0 saturated carbocycles. The van der Waals surface area contributed by atoms with Gasteiger partial charge in [-0.1, -0.05) is 12.1 Å². The van der Waals surface area contributed by atoms with Crippen molar-refractivity contribution in [2.24, 2.45) is 0 Å². The summed E-state index contributed by atoms with van der Waals surface area (Å²) in [6.45, 7) is -0.695. The number of benzene rings is 1. The number of carboxylic acids is 1. The van der Waals surface area contributed by atoms with E-state index in [0.29, 0.717) is 11.3 Å². The lowest BCUT2D eigenvalue weighted by Gasteiger charge is -2.12. The van der Waals surface area contributed by atoms with Gasteiger partial charge in [0.1, 0.15) is 0 Å². The zero-order valence-corrected chi connectivity index (χ0v) is 8.27. The molecule has 0 aliphatic heterocycles. The van der Waals surface area contributed by atoms with Gasteiger partial charge in [0, 0.05) is 5.56 Å². The highest BCUT2D eigenvalue weighted by atomic mass is 16.5. The topological polar surface area (TPSA) is 76.0 Å². The van der Waals surface area contributed by atoms with E-state index in [1.54, 1.807) is 18.2 Å². The fourth-order valence-corrected chi connectivity index (χ4v) is 1.14. The molecule has 1 aromatic carbocycles. The predicted octanol–water partition coefficient (Wildman–Crippen LogP) is 0.651. The summed E-state index contributed by atoms with van der Waals surface area (Å²) in [6, 6.07) is 4.97. The van der Waals surface area contributed by atoms with E-state index in [0.717, 1.165) is 0 Å². The smallest absolute Gasteiger partial charge is 0.341 e. The number of para-hydroxylation sites is 1. The standard InChI is InChI=1S/C10H12O5/c1-14-8-4-2-3-7(5-11)10(8)15-6-9(12)13/h2-4,11H,5-6H2,1H3,(H,12,13). The van der Waals surface area contributed by atoms with Crippen LogP contribution in [0.3, 0.4) is 0 Å². The van der Waals surface area contributed by atoms with Gasteiger partial charge in [-0.05, 0) is 6.07 Å². The van der Waals surface area contributed by atoms with Crippen molar-refractivity contribution in [3.8, 4) is 11.5 Å². The minimum atomic E-state index is -1.08. The van der Waals surface area contributed by atoms with Crippen LogP contribution in [-0.2, 0) is 11.4 Å². The lowest BCUT2D eigenvalue weighted by atomic mass is 10.2. The number of hydrogen-bond acceptors (Lipinski definition) is 4. The molecule has 0 unspecified atom stereocenters. The molecule has 82 valence electrons. The van der Waals surface area contributed by atoms with Gasteiger partial charge in [0.25, 0.3) is 0 Å². The number of aliphatic hydroxyl groups is 1. The summed E-state index contributed by atoms with van der Waals surface area (Å²) in [5, 5.41) is 17.5. The minimum Gasteiger partial charge on any atom is -0.493 e. The van der Waals surface area contributed by atoms with Gasteiger partial charge in [-0.3, -0.25) is 0 Å². The third-order valence-electron chi connectivity index (χ3n) is 1.79. The molecule has 5 heteroatoms. The number of aliphatic carboxylic acids is 1. The molecule has 0 amide bonds. The summed E-state index contributed by atoms with van der Waals surface area (Å²) in [5.41, 5.74) is 0.496. The zero-order chi connectivity index (χ0) is 11.3. The van der Waals surface area contributed by atoms with Crippen LogP contribution in [0.2, 0.25) is 0 Å². The summed E-state index contributed by atoms with van der Waals surface area (Å²) in [6.07, 6.45) is 0. The van der Waals surface area contributed by atoms with Crippen molar-refractivity contribution in [3.05, 3.63) is 23.8 Å². The molecule has 0 saturated heterocycles. The molecule has 0 atom stereocenters. The molecule has 15 heavy (non-hydrogen) atoms. The Labute approximate surface area is 86.9 Å². The molecular weight excluding hydrogens is 200 g/mol. The summed E-state index contributed by atoms with van der Waals surface area (Å²) >= 11 is 0. The SMILES string of the molecule is COc1cccc(CO)c1OCC(=O)O. The van der Waals surface area contributed by atoms with Crippen molar-refractivity contribution in [2.45, 2.75) is 6.61 Å². The van der Waals surface area contributed by atoms with Gasteiger partial charge in [-0.25, -0.2) is 4.79 Å². The quantitative estimate of drug-likeness (QED) is 0.749. The number of carbonyl (C=O) groups is 1. The van der Waals surface area contributed by atoms with E-state index in [2.05, 4.69) is 0 Å². The van der Waals surface area contributed by atoms with Crippen LogP contribution in [0.4, 0.5) is 0 Å². The Morgan fingerprint density at radius 1 is 1.47 bits per heavy atom. The maximum Gasteiger partial charge on any atom is 0.341 e. The van der Waals surface area contributed by atoms with E-state index < -0.39 is 12.6 Å². The van der Waals surface area contributed by atoms with Gasteiger partial charge in [0.15, 0.2) is 18.1 Å². The number of hydrogen-bond donors (Lipinski definition) is 2. The molecular formula is C10H12O5. The number of methoxy groups -OCH3 is 1. The second kappa shape index (κ2) is 5.21. The van der Waals surface area contributed by atoms with Crippen molar-refractivity contribution in [1.29, 1.82) is 0 Å². The fourth-order valence-electron chi connectivity index (χ4n) is 1.14. The lowest BCUT2D eigenvalue weighted by molar-refractivity contribution is -0.139. The van der Waals surface area contributed by atoms with E-state index in [9.17, 15) is 4.79 Å². The molecule has 1 rings (SSSR count). The van der Waals surface area contributed by atoms with Crippen LogP contribution in [0.15, 0.2) is 18.2 Å². The first-order chi connectivity index (χ1) is 7.19. The molecule has 0 spiro atoms. The first-order valence-corrected chi connectivity index (χ1v) is 4.30. The van der Waals surface area contributed by atoms with Gasteiger partial charge >= 0.3 is 5.97 Å². The largest absolute Gasteiger partial charge is 0.493 e. The van der Waals surface area contributed by atoms with E-state index in [1.807, 2.05) is 0 Å². The number of aliphatic hydroxyl groups excluding tert-OH is 1. The molecule has 1 aromatic rings. The van der Waals surface area contributed by atoms with Crippen LogP contribution < -0.4 is 9.47 Å². The Balaban J connectivity index is 2.94. The normalized spacial score (nSPS) is 9.73. The van der Waals surface area contributed by atoms with Crippen LogP contribution >= 0.6 is 0 Å². The van der Waals surface area contributed by atoms with Crippen LogP contribution in [0.5, 0.6) is 11.5 Å². The van der Waals surface area contributed by atoms with Crippen molar-refractivity contribution >= 4 is 5.97 Å². The second-order valence-corrected chi connectivity index (χ2v) is 2.79. The molecule has 0 heterocycles. The Bertz CT molecular complexity index is 325. The van der Waals surface area contributed by atoms with Crippen molar-refractivity contribution < 1.29 is 24.5 Å². The van der Waals surface area contributed by atoms with Gasteiger partial charge in [-0.2, -0.15) is 0 Å². The number of ether oxygens (including phenoxy) is 2. The number of carboxylic acid groups (broad SMARTS) is 1. The van der Waals surface area contributed by atoms with E-state index in [1.165, 1.54) is 7.11 Å². The third kappa shape index (κ3) is 2.85. The molecule has 0 aliphatic rings. The van der Waals surface area contributed by atoms with Crippen LogP contribution in [-0.4, -0.2) is 29.9 Å². The number of rotatable bonds is 5. The Hall–Kier alpha value is -1.75. The Morgan fingerprint density at radius 3 is 2.73 bits per heavy atom. The van der Waals surface area contributed by atoms with Crippen LogP contribution in [0.1, 0.15) is 5.56 Å². The molecule has 0 fully saturated rings. The van der Waals surface area contributed by atoms with Crippen molar-refractivity contribution in [2.75, 3.05) is 13.7 Å². The third-order valence-corrected chi connectivity index (χ3v) is 1.79. The zero-order valence-electron chi connectivity index (χ0n) is 8.27. The summed E-state index contributed by atoms with van der Waals surface area (Å²) in [4.78, 5) is 10.3. The summed E-state index contributed by atoms with van der Waals surface area (Å²) < 4.78 is 10.0. The van der Waals surface area contributed by atoms with Gasteiger partial charge in [-0.15, -0.1) is 0 Å². The summed E-state index contributed by atoms with van der Waals surface area (Å²) in [5.74, 6) is -0.405. The fraction of sp³-hybridized carbons (Fsp3) is 0.300. The molecule has 0 aliphatic carbocycles. The summed E-state index contributed by atoms with van der Waals surface area (Å²) in [7, 11) is 1.45.